The molecule has 17 heavy (non-hydrogen) atoms. The quantitative estimate of drug-likeness (QED) is 0.476. The Morgan fingerprint density at radius 2 is 2.00 bits per heavy atom. The van der Waals surface area contributed by atoms with Crippen LogP contribution in [-0.4, -0.2) is 18.5 Å². The van der Waals surface area contributed by atoms with Crippen molar-refractivity contribution >= 4 is 34.0 Å². The fourth-order valence-electron chi connectivity index (χ4n) is 1.68. The number of halogens is 1. The molecule has 0 amide bonds. The third kappa shape index (κ3) is 4.14. The number of nitrogens with zero attached hydrogens (tertiary/aromatic N) is 2. The van der Waals surface area contributed by atoms with Crippen LogP contribution >= 0.6 is 22.6 Å². The van der Waals surface area contributed by atoms with Crippen LogP contribution in [0.2, 0.25) is 0 Å². The first-order chi connectivity index (χ1) is 7.70. The van der Waals surface area contributed by atoms with Crippen molar-refractivity contribution in [2.75, 3.05) is 18.5 Å². The lowest BCUT2D eigenvalue weighted by atomic mass is 9.96. The van der Waals surface area contributed by atoms with Gasteiger partial charge in [-0.05, 0) is 40.1 Å². The Morgan fingerprint density at radius 3 is 2.41 bits per heavy atom. The zero-order valence-corrected chi connectivity index (χ0v) is 12.7. The predicted octanol–water partition coefficient (Wildman–Crippen LogP) is 3.68. The van der Waals surface area contributed by atoms with Crippen LogP contribution < -0.4 is 4.90 Å². The minimum atomic E-state index is -0.352. The summed E-state index contributed by atoms with van der Waals surface area (Å²) in [4.78, 5) is 12.5. The van der Waals surface area contributed by atoms with Gasteiger partial charge in [0.15, 0.2) is 0 Å². The summed E-state index contributed by atoms with van der Waals surface area (Å²) < 4.78 is 0.672. The number of hydrogen-bond donors (Lipinski definition) is 0. The number of benzene rings is 1. The molecule has 1 aromatic rings. The van der Waals surface area contributed by atoms with Crippen molar-refractivity contribution in [1.29, 1.82) is 0 Å². The van der Waals surface area contributed by atoms with E-state index in [-0.39, 0.29) is 16.0 Å². The van der Waals surface area contributed by atoms with Crippen molar-refractivity contribution in [2.45, 2.75) is 20.8 Å². The van der Waals surface area contributed by atoms with E-state index in [0.717, 1.165) is 12.2 Å². The highest BCUT2D eigenvalue weighted by Crippen LogP contribution is 2.27. The minimum absolute atomic E-state index is 0.165. The smallest absolute Gasteiger partial charge is 0.282 e. The standard InChI is InChI=1S/C12H17IN2O2/c1-12(2,3)8-14(4)9-5-6-11(15(16)17)10(13)7-9/h5-7H,8H2,1-4H3. The van der Waals surface area contributed by atoms with Crippen LogP contribution in [0, 0.1) is 19.1 Å². The van der Waals surface area contributed by atoms with E-state index in [4.69, 9.17) is 0 Å². The molecule has 0 heterocycles. The zero-order chi connectivity index (χ0) is 13.2. The summed E-state index contributed by atoms with van der Waals surface area (Å²) in [6, 6.07) is 5.22. The number of hydrogen-bond acceptors (Lipinski definition) is 3. The lowest BCUT2D eigenvalue weighted by molar-refractivity contribution is -0.385. The van der Waals surface area contributed by atoms with Gasteiger partial charge in [-0.25, -0.2) is 0 Å². The first kappa shape index (κ1) is 14.2. The molecular formula is C12H17IN2O2. The Hall–Kier alpha value is -0.850. The molecule has 0 spiro atoms. The van der Waals surface area contributed by atoms with Gasteiger partial charge in [0.1, 0.15) is 0 Å². The molecule has 0 aliphatic rings. The summed E-state index contributed by atoms with van der Waals surface area (Å²) in [5.41, 5.74) is 1.37. The van der Waals surface area contributed by atoms with Gasteiger partial charge in [-0.3, -0.25) is 10.1 Å². The molecule has 1 rings (SSSR count). The summed E-state index contributed by atoms with van der Waals surface area (Å²) in [5.74, 6) is 0. The van der Waals surface area contributed by atoms with Crippen LogP contribution in [0.1, 0.15) is 20.8 Å². The minimum Gasteiger partial charge on any atom is -0.374 e. The van der Waals surface area contributed by atoms with Gasteiger partial charge >= 0.3 is 0 Å². The molecule has 94 valence electrons. The Labute approximate surface area is 115 Å². The van der Waals surface area contributed by atoms with Crippen LogP contribution in [-0.2, 0) is 0 Å². The van der Waals surface area contributed by atoms with E-state index in [1.807, 2.05) is 35.7 Å². The molecular weight excluding hydrogens is 331 g/mol. The molecule has 0 unspecified atom stereocenters. The highest BCUT2D eigenvalue weighted by Gasteiger charge is 2.17. The first-order valence-corrected chi connectivity index (χ1v) is 6.44. The molecule has 0 bridgehead atoms. The topological polar surface area (TPSA) is 46.4 Å². The lowest BCUT2D eigenvalue weighted by Crippen LogP contribution is -2.29. The third-order valence-electron chi connectivity index (χ3n) is 2.28. The van der Waals surface area contributed by atoms with Crippen LogP contribution in [0.4, 0.5) is 11.4 Å². The van der Waals surface area contributed by atoms with E-state index in [1.54, 1.807) is 12.1 Å². The van der Waals surface area contributed by atoms with Crippen molar-refractivity contribution in [3.8, 4) is 0 Å². The Morgan fingerprint density at radius 1 is 1.41 bits per heavy atom. The summed E-state index contributed by atoms with van der Waals surface area (Å²) >= 11 is 2.00. The molecule has 0 N–H and O–H groups in total. The van der Waals surface area contributed by atoms with E-state index in [2.05, 4.69) is 25.7 Å². The fourth-order valence-corrected chi connectivity index (χ4v) is 2.38. The van der Waals surface area contributed by atoms with Gasteiger partial charge in [-0.1, -0.05) is 20.8 Å². The zero-order valence-electron chi connectivity index (χ0n) is 10.5. The molecule has 0 fully saturated rings. The molecule has 0 aliphatic carbocycles. The van der Waals surface area contributed by atoms with E-state index >= 15 is 0 Å². The van der Waals surface area contributed by atoms with Crippen molar-refractivity contribution in [3.63, 3.8) is 0 Å². The monoisotopic (exact) mass is 348 g/mol. The average molecular weight is 348 g/mol. The van der Waals surface area contributed by atoms with Crippen LogP contribution in [0.25, 0.3) is 0 Å². The second kappa shape index (κ2) is 5.20. The first-order valence-electron chi connectivity index (χ1n) is 5.36. The maximum absolute atomic E-state index is 10.7. The molecule has 0 radical (unpaired) electrons. The molecule has 5 heteroatoms. The van der Waals surface area contributed by atoms with Gasteiger partial charge < -0.3 is 4.90 Å². The van der Waals surface area contributed by atoms with Gasteiger partial charge in [0.2, 0.25) is 0 Å². The van der Waals surface area contributed by atoms with Gasteiger partial charge in [0.05, 0.1) is 8.49 Å². The molecule has 0 aromatic heterocycles. The number of anilines is 1. The number of nitro benzene ring substituents is 1. The molecule has 0 saturated carbocycles. The van der Waals surface area contributed by atoms with Crippen LogP contribution in [0.3, 0.4) is 0 Å². The average Bonchev–Trinajstić information content (AvgIpc) is 2.14. The van der Waals surface area contributed by atoms with Crippen LogP contribution in [0.15, 0.2) is 18.2 Å². The number of rotatable bonds is 3. The molecule has 1 aromatic carbocycles. The van der Waals surface area contributed by atoms with E-state index in [0.29, 0.717) is 3.57 Å². The Balaban J connectivity index is 2.94. The SMILES string of the molecule is CN(CC(C)(C)C)c1ccc([N+](=O)[O-])c(I)c1. The normalized spacial score (nSPS) is 11.4. The highest BCUT2D eigenvalue weighted by atomic mass is 127. The maximum Gasteiger partial charge on any atom is 0.282 e. The molecule has 0 aliphatic heterocycles. The lowest BCUT2D eigenvalue weighted by Gasteiger charge is -2.28. The summed E-state index contributed by atoms with van der Waals surface area (Å²) in [5, 5.41) is 10.7. The van der Waals surface area contributed by atoms with Crippen molar-refractivity contribution in [1.82, 2.24) is 0 Å². The van der Waals surface area contributed by atoms with E-state index < -0.39 is 0 Å². The van der Waals surface area contributed by atoms with Gasteiger partial charge in [0, 0.05) is 25.3 Å². The number of nitro groups is 1. The highest BCUT2D eigenvalue weighted by molar-refractivity contribution is 14.1. The van der Waals surface area contributed by atoms with Gasteiger partial charge in [0.25, 0.3) is 5.69 Å². The van der Waals surface area contributed by atoms with Gasteiger partial charge in [-0.2, -0.15) is 0 Å². The summed E-state index contributed by atoms with van der Waals surface area (Å²) in [6.45, 7) is 7.40. The summed E-state index contributed by atoms with van der Waals surface area (Å²) in [7, 11) is 2.00. The molecule has 4 nitrogen and oxygen atoms in total. The van der Waals surface area contributed by atoms with Gasteiger partial charge in [-0.15, -0.1) is 0 Å². The Kier molecular flexibility index (Phi) is 4.35. The van der Waals surface area contributed by atoms with Crippen molar-refractivity contribution in [3.05, 3.63) is 31.9 Å². The Bertz CT molecular complexity index is 427. The third-order valence-corrected chi connectivity index (χ3v) is 3.14. The summed E-state index contributed by atoms with van der Waals surface area (Å²) in [6.07, 6.45) is 0. The van der Waals surface area contributed by atoms with E-state index in [9.17, 15) is 10.1 Å². The second-order valence-corrected chi connectivity index (χ2v) is 6.47. The fraction of sp³-hybridized carbons (Fsp3) is 0.500. The van der Waals surface area contributed by atoms with Crippen molar-refractivity contribution < 1.29 is 4.92 Å². The van der Waals surface area contributed by atoms with Crippen molar-refractivity contribution in [2.24, 2.45) is 5.41 Å². The predicted molar refractivity (Wildman–Crippen MR) is 78.5 cm³/mol. The van der Waals surface area contributed by atoms with E-state index in [1.165, 1.54) is 0 Å². The van der Waals surface area contributed by atoms with Crippen LogP contribution in [0.5, 0.6) is 0 Å². The molecule has 0 saturated heterocycles. The largest absolute Gasteiger partial charge is 0.374 e. The second-order valence-electron chi connectivity index (χ2n) is 5.31. The molecule has 0 atom stereocenters. The maximum atomic E-state index is 10.7.